The first kappa shape index (κ1) is 13.8. The van der Waals surface area contributed by atoms with Crippen LogP contribution in [0, 0.1) is 17.8 Å². The Hall–Kier alpha value is -0.300. The second-order valence-electron chi connectivity index (χ2n) is 5.67. The molecule has 0 spiro atoms. The van der Waals surface area contributed by atoms with Crippen molar-refractivity contribution in [3.05, 3.63) is 11.6 Å². The smallest absolute Gasteiger partial charge is 0.0571 e. The molecular weight excluding hydrogens is 196 g/mol. The first-order valence-electron chi connectivity index (χ1n) is 6.91. The van der Waals surface area contributed by atoms with Crippen LogP contribution >= 0.6 is 0 Å². The van der Waals surface area contributed by atoms with Gasteiger partial charge in [-0.3, -0.25) is 0 Å². The number of aliphatic hydroxyl groups excluding tert-OH is 1. The van der Waals surface area contributed by atoms with E-state index in [1.54, 1.807) is 0 Å². The average molecular weight is 224 g/mol. The van der Waals surface area contributed by atoms with E-state index in [1.165, 1.54) is 24.8 Å². The first-order valence-corrected chi connectivity index (χ1v) is 6.91. The maximum absolute atomic E-state index is 9.99. The highest BCUT2D eigenvalue weighted by molar-refractivity contribution is 5.02. The molecule has 0 heterocycles. The molecule has 1 fully saturated rings. The summed E-state index contributed by atoms with van der Waals surface area (Å²) in [5.41, 5.74) is 1.50. The molecule has 1 nitrogen and oxygen atoms in total. The second kappa shape index (κ2) is 6.44. The number of hydrogen-bond acceptors (Lipinski definition) is 1. The molecule has 0 aromatic carbocycles. The molecule has 1 aliphatic rings. The van der Waals surface area contributed by atoms with Crippen LogP contribution in [0.2, 0.25) is 0 Å². The van der Waals surface area contributed by atoms with Gasteiger partial charge in [-0.15, -0.1) is 0 Å². The van der Waals surface area contributed by atoms with Gasteiger partial charge in [0.25, 0.3) is 0 Å². The van der Waals surface area contributed by atoms with Crippen LogP contribution < -0.4 is 0 Å². The zero-order valence-corrected chi connectivity index (χ0v) is 11.4. The lowest BCUT2D eigenvalue weighted by Gasteiger charge is -2.34. The number of aliphatic hydroxyl groups is 1. The molecule has 0 aliphatic heterocycles. The van der Waals surface area contributed by atoms with E-state index in [9.17, 15) is 5.11 Å². The summed E-state index contributed by atoms with van der Waals surface area (Å²) in [6, 6.07) is 0. The fourth-order valence-corrected chi connectivity index (χ4v) is 2.80. The molecule has 1 saturated carbocycles. The van der Waals surface area contributed by atoms with Gasteiger partial charge in [0.05, 0.1) is 6.10 Å². The summed E-state index contributed by atoms with van der Waals surface area (Å²) in [5, 5.41) is 9.99. The van der Waals surface area contributed by atoms with E-state index in [1.807, 2.05) is 0 Å². The zero-order chi connectivity index (χ0) is 12.1. The largest absolute Gasteiger partial charge is 0.393 e. The Balaban J connectivity index is 2.54. The van der Waals surface area contributed by atoms with Crippen LogP contribution in [0.25, 0.3) is 0 Å². The number of hydrogen-bond donors (Lipinski definition) is 1. The number of rotatable bonds is 4. The molecule has 3 unspecified atom stereocenters. The number of allylic oxidation sites excluding steroid dienone is 2. The van der Waals surface area contributed by atoms with Crippen LogP contribution in [0.4, 0.5) is 0 Å². The van der Waals surface area contributed by atoms with Crippen molar-refractivity contribution in [2.24, 2.45) is 17.8 Å². The van der Waals surface area contributed by atoms with Crippen LogP contribution in [0.15, 0.2) is 11.6 Å². The van der Waals surface area contributed by atoms with Crippen LogP contribution in [-0.4, -0.2) is 11.2 Å². The summed E-state index contributed by atoms with van der Waals surface area (Å²) >= 11 is 0. The molecule has 16 heavy (non-hydrogen) atoms. The lowest BCUT2D eigenvalue weighted by Crippen LogP contribution is -2.31. The molecule has 1 rings (SSSR count). The second-order valence-corrected chi connectivity index (χ2v) is 5.67. The van der Waals surface area contributed by atoms with Gasteiger partial charge in [0.2, 0.25) is 0 Å². The summed E-state index contributed by atoms with van der Waals surface area (Å²) in [6.45, 7) is 8.94. The molecule has 0 radical (unpaired) electrons. The molecular formula is C15H28O. The molecule has 0 aromatic rings. The molecule has 1 heteroatoms. The molecule has 1 N–H and O–H groups in total. The highest BCUT2D eigenvalue weighted by Gasteiger charge is 2.29. The third kappa shape index (κ3) is 3.62. The summed E-state index contributed by atoms with van der Waals surface area (Å²) in [4.78, 5) is 0. The Morgan fingerprint density at radius 3 is 2.62 bits per heavy atom. The lowest BCUT2D eigenvalue weighted by atomic mass is 9.74. The summed E-state index contributed by atoms with van der Waals surface area (Å²) in [5.74, 6) is 1.90. The first-order chi connectivity index (χ1) is 7.56. The van der Waals surface area contributed by atoms with Crippen molar-refractivity contribution in [2.75, 3.05) is 0 Å². The van der Waals surface area contributed by atoms with Crippen molar-refractivity contribution in [3.63, 3.8) is 0 Å². The minimum Gasteiger partial charge on any atom is -0.393 e. The molecule has 0 bridgehead atoms. The van der Waals surface area contributed by atoms with Crippen LogP contribution in [0.5, 0.6) is 0 Å². The topological polar surface area (TPSA) is 20.2 Å². The van der Waals surface area contributed by atoms with E-state index in [4.69, 9.17) is 0 Å². The standard InChI is InChI=1S/C15H28O/c1-5-14-13(7-6-8-15(14)16)10-9-12(4)11(2)3/h9,11,13-16H,5-8,10H2,1-4H3/b12-9+. The minimum atomic E-state index is -0.0449. The van der Waals surface area contributed by atoms with Crippen LogP contribution in [-0.2, 0) is 0 Å². The zero-order valence-electron chi connectivity index (χ0n) is 11.4. The molecule has 0 saturated heterocycles. The van der Waals surface area contributed by atoms with Crippen molar-refractivity contribution in [1.82, 2.24) is 0 Å². The summed E-state index contributed by atoms with van der Waals surface area (Å²) < 4.78 is 0. The predicted octanol–water partition coefficient (Wildman–Crippen LogP) is 4.17. The fraction of sp³-hybridized carbons (Fsp3) is 0.867. The lowest BCUT2D eigenvalue weighted by molar-refractivity contribution is 0.0312. The van der Waals surface area contributed by atoms with E-state index in [2.05, 4.69) is 33.8 Å². The molecule has 3 atom stereocenters. The fourth-order valence-electron chi connectivity index (χ4n) is 2.80. The van der Waals surface area contributed by atoms with Gasteiger partial charge in [-0.25, -0.2) is 0 Å². The molecule has 94 valence electrons. The highest BCUT2D eigenvalue weighted by atomic mass is 16.3. The van der Waals surface area contributed by atoms with Crippen molar-refractivity contribution in [1.29, 1.82) is 0 Å². The van der Waals surface area contributed by atoms with Gasteiger partial charge in [0.1, 0.15) is 0 Å². The van der Waals surface area contributed by atoms with E-state index in [0.717, 1.165) is 12.8 Å². The maximum atomic E-state index is 9.99. The normalized spacial score (nSPS) is 32.1. The van der Waals surface area contributed by atoms with Gasteiger partial charge in [-0.2, -0.15) is 0 Å². The van der Waals surface area contributed by atoms with E-state index in [-0.39, 0.29) is 6.10 Å². The van der Waals surface area contributed by atoms with Gasteiger partial charge in [0, 0.05) is 0 Å². The molecule has 1 aliphatic carbocycles. The minimum absolute atomic E-state index is 0.0449. The monoisotopic (exact) mass is 224 g/mol. The third-order valence-electron chi connectivity index (χ3n) is 4.30. The Morgan fingerprint density at radius 1 is 1.38 bits per heavy atom. The summed E-state index contributed by atoms with van der Waals surface area (Å²) in [7, 11) is 0. The van der Waals surface area contributed by atoms with E-state index < -0.39 is 0 Å². The average Bonchev–Trinajstić information content (AvgIpc) is 2.25. The van der Waals surface area contributed by atoms with Gasteiger partial charge < -0.3 is 5.11 Å². The molecule has 0 amide bonds. The van der Waals surface area contributed by atoms with Crippen molar-refractivity contribution < 1.29 is 5.11 Å². The van der Waals surface area contributed by atoms with E-state index in [0.29, 0.717) is 17.8 Å². The Morgan fingerprint density at radius 2 is 2.06 bits per heavy atom. The SMILES string of the molecule is CCC1C(O)CCCC1C/C=C(\C)C(C)C. The van der Waals surface area contributed by atoms with Crippen LogP contribution in [0.3, 0.4) is 0 Å². The summed E-state index contributed by atoms with van der Waals surface area (Å²) in [6.07, 6.45) is 8.17. The van der Waals surface area contributed by atoms with E-state index >= 15 is 0 Å². The third-order valence-corrected chi connectivity index (χ3v) is 4.30. The molecule has 0 aromatic heterocycles. The predicted molar refractivity (Wildman–Crippen MR) is 70.3 cm³/mol. The quantitative estimate of drug-likeness (QED) is 0.711. The van der Waals surface area contributed by atoms with Crippen molar-refractivity contribution >= 4 is 0 Å². The Kier molecular flexibility index (Phi) is 5.54. The highest BCUT2D eigenvalue weighted by Crippen LogP contribution is 2.35. The van der Waals surface area contributed by atoms with Gasteiger partial charge in [-0.1, -0.05) is 45.3 Å². The Bertz CT molecular complexity index is 230. The maximum Gasteiger partial charge on any atom is 0.0571 e. The van der Waals surface area contributed by atoms with Gasteiger partial charge in [0.15, 0.2) is 0 Å². The van der Waals surface area contributed by atoms with Gasteiger partial charge >= 0.3 is 0 Å². The van der Waals surface area contributed by atoms with Gasteiger partial charge in [-0.05, 0) is 43.9 Å². The van der Waals surface area contributed by atoms with Crippen molar-refractivity contribution in [2.45, 2.75) is 65.9 Å². The van der Waals surface area contributed by atoms with Crippen molar-refractivity contribution in [3.8, 4) is 0 Å². The Labute approximate surface area is 101 Å². The van der Waals surface area contributed by atoms with Crippen LogP contribution in [0.1, 0.15) is 59.8 Å².